The molecule has 6 heteroatoms. The van der Waals surface area contributed by atoms with Crippen molar-refractivity contribution < 1.29 is 28.6 Å². The van der Waals surface area contributed by atoms with E-state index in [0.29, 0.717) is 12.8 Å². The second-order valence-electron chi connectivity index (χ2n) is 17.9. The summed E-state index contributed by atoms with van der Waals surface area (Å²) in [4.78, 5) is 39.7. The van der Waals surface area contributed by atoms with E-state index < -0.39 is 17.9 Å². The Morgan fingerprint density at radius 1 is 0.333 bits per heavy atom. The molecule has 0 aliphatic carbocycles. The van der Waals surface area contributed by atoms with Crippen molar-refractivity contribution in [3.05, 3.63) is 71.3 Å². The summed E-state index contributed by atoms with van der Waals surface area (Å²) in [6.45, 7) is 7.54. The zero-order valence-corrected chi connectivity index (χ0v) is 41.2. The lowest BCUT2D eigenvalue weighted by Crippen LogP contribution is -2.17. The van der Waals surface area contributed by atoms with E-state index in [1.165, 1.54) is 192 Å². The number of esters is 3. The molecule has 0 heterocycles. The molecular weight excluding hydrogens is 781 g/mol. The van der Waals surface area contributed by atoms with Crippen molar-refractivity contribution in [3.8, 4) is 0 Å². The molecule has 0 N–H and O–H groups in total. The summed E-state index contributed by atoms with van der Waals surface area (Å²) in [6.07, 6.45) is 56.9. The molecule has 63 heavy (non-hydrogen) atoms. The fraction of sp³-hybridized carbons (Fsp3) is 0.737. The summed E-state index contributed by atoms with van der Waals surface area (Å²) >= 11 is 0. The maximum absolute atomic E-state index is 13.4. The van der Waals surface area contributed by atoms with Gasteiger partial charge in [0.1, 0.15) is 0 Å². The molecule has 0 bridgehead atoms. The van der Waals surface area contributed by atoms with Gasteiger partial charge in [-0.3, -0.25) is 0 Å². The predicted molar refractivity (Wildman–Crippen MR) is 268 cm³/mol. The van der Waals surface area contributed by atoms with Gasteiger partial charge in [-0.2, -0.15) is 0 Å². The van der Waals surface area contributed by atoms with Gasteiger partial charge in [0.15, 0.2) is 0 Å². The van der Waals surface area contributed by atoms with Crippen LogP contribution in [0, 0.1) is 0 Å². The minimum Gasteiger partial charge on any atom is -0.462 e. The molecule has 0 fully saturated rings. The Labute approximate surface area is 388 Å². The van der Waals surface area contributed by atoms with Crippen molar-refractivity contribution in [2.24, 2.45) is 0 Å². The third kappa shape index (κ3) is 35.8. The number of hydrogen-bond donors (Lipinski definition) is 0. The maximum Gasteiger partial charge on any atom is 0.339 e. The number of ether oxygens (including phenoxy) is 3. The number of unbranched alkanes of at least 4 members (excludes halogenated alkanes) is 30. The van der Waals surface area contributed by atoms with Gasteiger partial charge in [0.25, 0.3) is 0 Å². The summed E-state index contributed by atoms with van der Waals surface area (Å²) in [6, 6.07) is 4.45. The van der Waals surface area contributed by atoms with Crippen LogP contribution in [0.25, 0.3) is 0 Å². The average Bonchev–Trinajstić information content (AvgIpc) is 3.29. The number of benzene rings is 1. The first-order valence-corrected chi connectivity index (χ1v) is 26.6. The third-order valence-electron chi connectivity index (χ3n) is 11.9. The van der Waals surface area contributed by atoms with Crippen LogP contribution < -0.4 is 0 Å². The Kier molecular flexibility index (Phi) is 41.7. The highest BCUT2D eigenvalue weighted by atomic mass is 16.5. The van der Waals surface area contributed by atoms with Crippen LogP contribution >= 0.6 is 0 Å². The summed E-state index contributed by atoms with van der Waals surface area (Å²) in [5, 5.41) is 0. The largest absolute Gasteiger partial charge is 0.462 e. The summed E-state index contributed by atoms with van der Waals surface area (Å²) in [5.41, 5.74) is 0.363. The van der Waals surface area contributed by atoms with Gasteiger partial charge in [0.05, 0.1) is 36.5 Å². The van der Waals surface area contributed by atoms with E-state index in [2.05, 4.69) is 57.2 Å². The highest BCUT2D eigenvalue weighted by Gasteiger charge is 2.22. The Morgan fingerprint density at radius 3 is 0.937 bits per heavy atom. The number of rotatable bonds is 45. The average molecular weight is 877 g/mol. The molecule has 0 saturated heterocycles. The highest BCUT2D eigenvalue weighted by molar-refractivity contribution is 6.05. The number of carbonyl (C=O) groups excluding carboxylic acids is 3. The van der Waals surface area contributed by atoms with E-state index in [9.17, 15) is 14.4 Å². The number of hydrogen-bond acceptors (Lipinski definition) is 6. The second kappa shape index (κ2) is 45.4. The van der Waals surface area contributed by atoms with Crippen molar-refractivity contribution in [3.63, 3.8) is 0 Å². The van der Waals surface area contributed by atoms with Crippen molar-refractivity contribution in [1.29, 1.82) is 0 Å². The Bertz CT molecular complexity index is 1310. The smallest absolute Gasteiger partial charge is 0.339 e. The van der Waals surface area contributed by atoms with Gasteiger partial charge in [-0.1, -0.05) is 211 Å². The Balaban J connectivity index is 2.55. The van der Waals surface area contributed by atoms with Crippen LogP contribution in [0.2, 0.25) is 0 Å². The normalized spacial score (nSPS) is 11.7. The Hall–Kier alpha value is -3.15. The first kappa shape index (κ1) is 57.9. The van der Waals surface area contributed by atoms with Crippen LogP contribution in [0.15, 0.2) is 54.7 Å². The van der Waals surface area contributed by atoms with Gasteiger partial charge in [-0.25, -0.2) is 14.4 Å². The molecule has 0 spiro atoms. The molecular formula is C57H96O6. The number of carbonyl (C=O) groups is 3. The van der Waals surface area contributed by atoms with Crippen molar-refractivity contribution in [2.75, 3.05) is 19.8 Å². The zero-order chi connectivity index (χ0) is 45.5. The molecule has 6 nitrogen and oxygen atoms in total. The van der Waals surface area contributed by atoms with Gasteiger partial charge in [-0.05, 0) is 95.2 Å². The van der Waals surface area contributed by atoms with E-state index in [4.69, 9.17) is 14.2 Å². The van der Waals surface area contributed by atoms with Crippen LogP contribution in [-0.2, 0) is 14.2 Å². The topological polar surface area (TPSA) is 78.9 Å². The molecule has 0 amide bonds. The van der Waals surface area contributed by atoms with Gasteiger partial charge in [0.2, 0.25) is 0 Å². The third-order valence-corrected chi connectivity index (χ3v) is 11.9. The molecule has 1 aromatic rings. The predicted octanol–water partition coefficient (Wildman–Crippen LogP) is 17.9. The fourth-order valence-corrected chi connectivity index (χ4v) is 7.78. The molecule has 0 aliphatic heterocycles. The molecule has 0 unspecified atom stereocenters. The Morgan fingerprint density at radius 2 is 0.603 bits per heavy atom. The molecule has 0 saturated carbocycles. The standard InChI is InChI=1S/C57H96O6/c1-4-7-10-13-16-19-22-25-28-31-34-37-40-43-48-61-55(58)52-46-47-53(56(59)62-49-44-41-38-35-32-29-26-23-20-17-14-11-8-5-2)54(51-52)57(60)63-50-45-42-39-36-33-30-27-24-21-18-15-12-9-6-3/h34-39,46-47,51H,4-33,40-45,48-50H2,1-3H3/b37-34+,38-35+,39-36+. The summed E-state index contributed by atoms with van der Waals surface area (Å²) < 4.78 is 16.8. The molecule has 360 valence electrons. The minimum absolute atomic E-state index is 0.0376. The SMILES string of the molecule is CCCCCCCCCCC/C=C/CCCOC(=O)c1ccc(C(=O)OCCC/C=C/CCCCCCCCCCC)c(C(=O)OCCC/C=C/CCCCCCCCCCC)c1. The first-order chi connectivity index (χ1) is 31.0. The van der Waals surface area contributed by atoms with Gasteiger partial charge >= 0.3 is 17.9 Å². The van der Waals surface area contributed by atoms with E-state index in [-0.39, 0.29) is 36.5 Å². The van der Waals surface area contributed by atoms with Crippen LogP contribution in [0.4, 0.5) is 0 Å². The lowest BCUT2D eigenvalue weighted by atomic mass is 10.0. The summed E-state index contributed by atoms with van der Waals surface area (Å²) in [7, 11) is 0. The van der Waals surface area contributed by atoms with Crippen molar-refractivity contribution in [2.45, 2.75) is 252 Å². The first-order valence-electron chi connectivity index (χ1n) is 26.6. The number of allylic oxidation sites excluding steroid dienone is 6. The fourth-order valence-electron chi connectivity index (χ4n) is 7.78. The van der Waals surface area contributed by atoms with Crippen LogP contribution in [0.3, 0.4) is 0 Å². The lowest BCUT2D eigenvalue weighted by Gasteiger charge is -2.12. The zero-order valence-electron chi connectivity index (χ0n) is 41.2. The molecule has 1 rings (SSSR count). The van der Waals surface area contributed by atoms with Crippen LogP contribution in [0.1, 0.15) is 283 Å². The summed E-state index contributed by atoms with van der Waals surface area (Å²) in [5.74, 6) is -1.74. The van der Waals surface area contributed by atoms with E-state index in [1.807, 2.05) is 0 Å². The second-order valence-corrected chi connectivity index (χ2v) is 17.9. The minimum atomic E-state index is -0.633. The maximum atomic E-state index is 13.4. The molecule has 0 radical (unpaired) electrons. The quantitative estimate of drug-likeness (QED) is 0.0281. The molecule has 0 aromatic heterocycles. The van der Waals surface area contributed by atoms with Gasteiger partial charge in [-0.15, -0.1) is 0 Å². The highest BCUT2D eigenvalue weighted by Crippen LogP contribution is 2.18. The van der Waals surface area contributed by atoms with Crippen molar-refractivity contribution >= 4 is 17.9 Å². The van der Waals surface area contributed by atoms with E-state index in [1.54, 1.807) is 0 Å². The van der Waals surface area contributed by atoms with E-state index >= 15 is 0 Å². The molecule has 1 aromatic carbocycles. The van der Waals surface area contributed by atoms with Crippen LogP contribution in [-0.4, -0.2) is 37.7 Å². The van der Waals surface area contributed by atoms with Crippen LogP contribution in [0.5, 0.6) is 0 Å². The lowest BCUT2D eigenvalue weighted by molar-refractivity contribution is 0.0451. The monoisotopic (exact) mass is 877 g/mol. The van der Waals surface area contributed by atoms with Gasteiger partial charge in [0, 0.05) is 0 Å². The molecule has 0 atom stereocenters. The molecule has 0 aliphatic rings. The van der Waals surface area contributed by atoms with Gasteiger partial charge < -0.3 is 14.2 Å². The van der Waals surface area contributed by atoms with E-state index in [0.717, 1.165) is 44.9 Å². The van der Waals surface area contributed by atoms with Crippen molar-refractivity contribution in [1.82, 2.24) is 0 Å².